The van der Waals surface area contributed by atoms with Gasteiger partial charge in [-0.25, -0.2) is 4.39 Å². The van der Waals surface area contributed by atoms with E-state index in [1.165, 1.54) is 21.6 Å². The molecular formula is C33H38FN5O6S. The number of benzene rings is 2. The summed E-state index contributed by atoms with van der Waals surface area (Å²) in [6.07, 6.45) is 5.59. The Labute approximate surface area is 271 Å². The van der Waals surface area contributed by atoms with Gasteiger partial charge in [0.25, 0.3) is 0 Å². The number of nitrogens with zero attached hydrogens (tertiary/aromatic N) is 2. The number of likely N-dealkylation sites (tertiary alicyclic amines) is 1. The van der Waals surface area contributed by atoms with Crippen LogP contribution in [0.2, 0.25) is 0 Å². The molecule has 1 unspecified atom stereocenters. The van der Waals surface area contributed by atoms with Gasteiger partial charge >= 0.3 is 0 Å². The first-order valence-corrected chi connectivity index (χ1v) is 15.5. The summed E-state index contributed by atoms with van der Waals surface area (Å²) in [5.41, 5.74) is 2.72. The molecule has 0 aliphatic carbocycles. The SMILES string of the molecule is CN1CC2(CC1C=O)OCCO2.CNCc1cc2cncc(F)c2[nH]1.Cc1ccc2c(c1)Oc1ccccc1S2.O=CCNC=O. The van der Waals surface area contributed by atoms with Crippen LogP contribution in [0, 0.1) is 12.7 Å². The average Bonchev–Trinajstić information content (AvgIpc) is 3.78. The fourth-order valence-corrected chi connectivity index (χ4v) is 5.92. The van der Waals surface area contributed by atoms with E-state index < -0.39 is 5.79 Å². The van der Waals surface area contributed by atoms with E-state index in [1.807, 2.05) is 43.3 Å². The van der Waals surface area contributed by atoms with E-state index in [1.54, 1.807) is 18.0 Å². The number of hydrogen-bond donors (Lipinski definition) is 3. The smallest absolute Gasteiger partial charge is 0.207 e. The van der Waals surface area contributed by atoms with Crippen LogP contribution in [-0.4, -0.2) is 86.1 Å². The Morgan fingerprint density at radius 2 is 1.85 bits per heavy atom. The number of aromatic nitrogens is 2. The number of ether oxygens (including phenoxy) is 3. The van der Waals surface area contributed by atoms with Crippen LogP contribution in [-0.2, 0) is 30.4 Å². The van der Waals surface area contributed by atoms with Crippen LogP contribution in [0.3, 0.4) is 0 Å². The number of fused-ring (bicyclic) bond motifs is 3. The fraction of sp³-hybridized carbons (Fsp3) is 0.333. The first-order chi connectivity index (χ1) is 22.3. The van der Waals surface area contributed by atoms with Gasteiger partial charge in [0.15, 0.2) is 11.6 Å². The summed E-state index contributed by atoms with van der Waals surface area (Å²) in [5, 5.41) is 5.95. The van der Waals surface area contributed by atoms with Gasteiger partial charge in [-0.15, -0.1) is 0 Å². The topological polar surface area (TPSA) is 135 Å². The Morgan fingerprint density at radius 3 is 2.50 bits per heavy atom. The highest BCUT2D eigenvalue weighted by Gasteiger charge is 2.46. The zero-order chi connectivity index (χ0) is 32.9. The standard InChI is InChI=1S/C13H10OS.C9H10FN3.C8H13NO3.C3H5NO2/c1-9-6-7-13-11(8-9)14-10-4-2-3-5-12(10)15-13;1-11-4-7-2-6-3-12-5-8(10)9(6)13-7;1-9-6-8(4-7(9)5-10)11-2-3-12-8;5-2-1-4-3-6/h2-8H,1H3;2-3,5,11,13H,4H2,1H3;5,7H,2-4,6H2,1H3;2-3H,1H2,(H,4,6). The Hall–Kier alpha value is -4.14. The van der Waals surface area contributed by atoms with Gasteiger partial charge in [-0.1, -0.05) is 30.0 Å². The van der Waals surface area contributed by atoms with Crippen LogP contribution in [0.4, 0.5) is 4.39 Å². The van der Waals surface area contributed by atoms with Crippen molar-refractivity contribution < 1.29 is 33.0 Å². The van der Waals surface area contributed by atoms with E-state index in [4.69, 9.17) is 14.2 Å². The third kappa shape index (κ3) is 9.21. The molecule has 2 aromatic heterocycles. The van der Waals surface area contributed by atoms with E-state index >= 15 is 0 Å². The number of carbonyl (C=O) groups excluding carboxylic acids is 3. The third-order valence-electron chi connectivity index (χ3n) is 7.13. The van der Waals surface area contributed by atoms with Gasteiger partial charge in [0, 0.05) is 30.2 Å². The number of nitrogens with one attached hydrogen (secondary N) is 3. The molecule has 3 aliphatic rings. The van der Waals surface area contributed by atoms with Gasteiger partial charge in [-0.05, 0) is 56.9 Å². The number of aromatic amines is 1. The number of aldehydes is 2. The van der Waals surface area contributed by atoms with Crippen LogP contribution < -0.4 is 15.4 Å². The van der Waals surface area contributed by atoms with E-state index in [9.17, 15) is 18.8 Å². The highest BCUT2D eigenvalue weighted by atomic mass is 32.2. The molecule has 7 rings (SSSR count). The molecule has 0 radical (unpaired) electrons. The lowest BCUT2D eigenvalue weighted by Gasteiger charge is -2.20. The molecule has 1 atom stereocenters. The predicted molar refractivity (Wildman–Crippen MR) is 172 cm³/mol. The molecule has 11 nitrogen and oxygen atoms in total. The number of likely N-dealkylation sites (N-methyl/N-ethyl adjacent to an activating group) is 1. The van der Waals surface area contributed by atoms with Crippen molar-refractivity contribution >= 4 is 41.6 Å². The number of H-pyrrole nitrogens is 1. The van der Waals surface area contributed by atoms with Crippen molar-refractivity contribution in [1.29, 1.82) is 0 Å². The number of amides is 1. The number of hydrogen-bond acceptors (Lipinski definition) is 10. The molecule has 1 spiro atoms. The van der Waals surface area contributed by atoms with Gasteiger partial charge in [0.2, 0.25) is 6.41 Å². The minimum atomic E-state index is -0.472. The minimum Gasteiger partial charge on any atom is -0.455 e. The maximum atomic E-state index is 13.1. The highest BCUT2D eigenvalue weighted by Crippen LogP contribution is 2.46. The van der Waals surface area contributed by atoms with E-state index in [-0.39, 0.29) is 18.4 Å². The van der Waals surface area contributed by atoms with E-state index in [0.717, 1.165) is 28.9 Å². The Balaban J connectivity index is 0.000000145. The van der Waals surface area contributed by atoms with Crippen LogP contribution in [0.5, 0.6) is 11.5 Å². The monoisotopic (exact) mass is 651 g/mol. The number of halogens is 1. The molecule has 13 heteroatoms. The fourth-order valence-electron chi connectivity index (χ4n) is 4.99. The molecule has 2 aromatic carbocycles. The molecule has 3 aliphatic heterocycles. The summed E-state index contributed by atoms with van der Waals surface area (Å²) < 4.78 is 29.9. The Bertz CT molecular complexity index is 1600. The maximum Gasteiger partial charge on any atom is 0.207 e. The van der Waals surface area contributed by atoms with Gasteiger partial charge in [-0.3, -0.25) is 14.7 Å². The molecule has 0 bridgehead atoms. The quantitative estimate of drug-likeness (QED) is 0.181. The third-order valence-corrected chi connectivity index (χ3v) is 8.25. The second-order valence-corrected chi connectivity index (χ2v) is 11.7. The molecule has 244 valence electrons. The zero-order valence-corrected chi connectivity index (χ0v) is 26.8. The number of para-hydroxylation sites is 1. The first kappa shape index (κ1) is 34.7. The van der Waals surface area contributed by atoms with Crippen molar-refractivity contribution in [3.8, 4) is 11.5 Å². The minimum absolute atomic E-state index is 0.0388. The Kier molecular flexibility index (Phi) is 12.8. The number of aryl methyl sites for hydroxylation is 1. The molecule has 2 saturated heterocycles. The Morgan fingerprint density at radius 1 is 1.09 bits per heavy atom. The van der Waals surface area contributed by atoms with Crippen LogP contribution >= 0.6 is 11.8 Å². The summed E-state index contributed by atoms with van der Waals surface area (Å²) in [5.74, 6) is 1.15. The molecule has 0 saturated carbocycles. The van der Waals surface area contributed by atoms with Crippen LogP contribution in [0.1, 0.15) is 17.7 Å². The number of carbonyl (C=O) groups is 3. The van der Waals surface area contributed by atoms with Crippen molar-refractivity contribution in [3.05, 3.63) is 78.0 Å². The number of pyridine rings is 1. The van der Waals surface area contributed by atoms with E-state index in [0.29, 0.717) is 50.9 Å². The van der Waals surface area contributed by atoms with Crippen LogP contribution in [0.25, 0.3) is 10.9 Å². The van der Waals surface area contributed by atoms with Crippen molar-refractivity contribution in [2.45, 2.75) is 41.5 Å². The molecule has 46 heavy (non-hydrogen) atoms. The van der Waals surface area contributed by atoms with Crippen molar-refractivity contribution in [1.82, 2.24) is 25.5 Å². The first-order valence-electron chi connectivity index (χ1n) is 14.7. The van der Waals surface area contributed by atoms with Crippen LogP contribution in [0.15, 0.2) is 70.7 Å². The maximum absolute atomic E-state index is 13.1. The lowest BCUT2D eigenvalue weighted by Crippen LogP contribution is -2.33. The second kappa shape index (κ2) is 17.0. The summed E-state index contributed by atoms with van der Waals surface area (Å²) >= 11 is 1.77. The lowest BCUT2D eigenvalue weighted by molar-refractivity contribution is -0.145. The molecule has 2 fully saturated rings. The average molecular weight is 652 g/mol. The molecule has 5 heterocycles. The van der Waals surface area contributed by atoms with Gasteiger partial charge in [-0.2, -0.15) is 0 Å². The van der Waals surface area contributed by atoms with E-state index in [2.05, 4.69) is 51.8 Å². The summed E-state index contributed by atoms with van der Waals surface area (Å²) in [4.78, 5) is 40.4. The molecule has 4 aromatic rings. The molecule has 1 amide bonds. The molecular weight excluding hydrogens is 613 g/mol. The summed E-state index contributed by atoms with van der Waals surface area (Å²) in [7, 11) is 3.76. The highest BCUT2D eigenvalue weighted by molar-refractivity contribution is 7.99. The summed E-state index contributed by atoms with van der Waals surface area (Å²) in [6, 6.07) is 16.3. The zero-order valence-electron chi connectivity index (χ0n) is 26.0. The summed E-state index contributed by atoms with van der Waals surface area (Å²) in [6.45, 7) is 4.90. The van der Waals surface area contributed by atoms with Crippen molar-refractivity contribution in [2.75, 3.05) is 40.4 Å². The predicted octanol–water partition coefficient (Wildman–Crippen LogP) is 4.24. The molecule has 3 N–H and O–H groups in total. The number of rotatable bonds is 6. The normalized spacial score (nSPS) is 17.1. The lowest BCUT2D eigenvalue weighted by atomic mass is 10.2. The van der Waals surface area contributed by atoms with Gasteiger partial charge < -0.3 is 39.4 Å². The second-order valence-electron chi connectivity index (χ2n) is 10.6. The van der Waals surface area contributed by atoms with Gasteiger partial charge in [0.1, 0.15) is 24.1 Å². The largest absolute Gasteiger partial charge is 0.455 e. The van der Waals surface area contributed by atoms with Crippen molar-refractivity contribution in [2.24, 2.45) is 0 Å². The van der Waals surface area contributed by atoms with Crippen molar-refractivity contribution in [3.63, 3.8) is 0 Å². The van der Waals surface area contributed by atoms with Gasteiger partial charge in [0.05, 0.1) is 53.8 Å².